The fourth-order valence-corrected chi connectivity index (χ4v) is 3.40. The van der Waals surface area contributed by atoms with Crippen molar-refractivity contribution in [2.24, 2.45) is 10.9 Å². The zero-order valence-corrected chi connectivity index (χ0v) is 9.81. The molecule has 2 unspecified atom stereocenters. The normalized spacial score (nSPS) is 32.4. The first-order valence-electron chi connectivity index (χ1n) is 5.40. The van der Waals surface area contributed by atoms with Crippen LogP contribution in [0.4, 0.5) is 0 Å². The molecule has 1 aliphatic heterocycles. The summed E-state index contributed by atoms with van der Waals surface area (Å²) >= 11 is 1.87. The van der Waals surface area contributed by atoms with E-state index in [1.165, 1.54) is 31.4 Å². The highest BCUT2D eigenvalue weighted by atomic mass is 32.2. The molecular formula is C10H19N3S. The molecule has 1 saturated carbocycles. The van der Waals surface area contributed by atoms with E-state index in [4.69, 9.17) is 4.99 Å². The number of nitrogens with zero attached hydrogens (tertiary/aromatic N) is 2. The Morgan fingerprint density at radius 1 is 1.36 bits per heavy atom. The highest BCUT2D eigenvalue weighted by Gasteiger charge is 2.28. The topological polar surface area (TPSA) is 27.6 Å². The first kappa shape index (κ1) is 10.3. The first-order valence-corrected chi connectivity index (χ1v) is 6.39. The van der Waals surface area contributed by atoms with Gasteiger partial charge in [0.2, 0.25) is 0 Å². The van der Waals surface area contributed by atoms with Gasteiger partial charge < -0.3 is 0 Å². The summed E-state index contributed by atoms with van der Waals surface area (Å²) in [5, 5.41) is 3.08. The van der Waals surface area contributed by atoms with Crippen molar-refractivity contribution in [2.75, 3.05) is 19.8 Å². The summed E-state index contributed by atoms with van der Waals surface area (Å²) in [7, 11) is 4.02. The molecule has 0 bridgehead atoms. The van der Waals surface area contributed by atoms with Crippen LogP contribution in [-0.4, -0.2) is 36.1 Å². The quantitative estimate of drug-likeness (QED) is 0.672. The van der Waals surface area contributed by atoms with E-state index in [1.54, 1.807) is 0 Å². The molecule has 0 radical (unpaired) electrons. The number of amidine groups is 1. The fraction of sp³-hybridized carbons (Fsp3) is 0.900. The summed E-state index contributed by atoms with van der Waals surface area (Å²) < 4.78 is 0. The molecule has 2 aliphatic rings. The Kier molecular flexibility index (Phi) is 3.34. The van der Waals surface area contributed by atoms with Crippen molar-refractivity contribution >= 4 is 16.9 Å². The summed E-state index contributed by atoms with van der Waals surface area (Å²) in [5.41, 5.74) is 3.26. The largest absolute Gasteiger partial charge is 0.298 e. The molecule has 1 aliphatic carbocycles. The number of nitrogens with one attached hydrogen (secondary N) is 1. The molecule has 1 N–H and O–H groups in total. The summed E-state index contributed by atoms with van der Waals surface area (Å²) in [5.74, 6) is 2.10. The number of hydrogen-bond acceptors (Lipinski definition) is 4. The Hall–Kier alpha value is -0.220. The van der Waals surface area contributed by atoms with Crippen LogP contribution < -0.4 is 5.43 Å². The minimum Gasteiger partial charge on any atom is -0.298 e. The molecule has 2 rings (SSSR count). The Labute approximate surface area is 90.3 Å². The van der Waals surface area contributed by atoms with Gasteiger partial charge >= 0.3 is 0 Å². The summed E-state index contributed by atoms with van der Waals surface area (Å²) in [4.78, 5) is 4.77. The van der Waals surface area contributed by atoms with Crippen molar-refractivity contribution in [2.45, 2.75) is 31.7 Å². The molecule has 80 valence electrons. The van der Waals surface area contributed by atoms with Gasteiger partial charge in [-0.05, 0) is 18.8 Å². The average molecular weight is 213 g/mol. The second kappa shape index (κ2) is 4.53. The number of thioether (sulfide) groups is 1. The highest BCUT2D eigenvalue weighted by Crippen LogP contribution is 2.33. The van der Waals surface area contributed by atoms with Crippen LogP contribution in [0.25, 0.3) is 0 Å². The van der Waals surface area contributed by atoms with Crippen LogP contribution in [0.2, 0.25) is 0 Å². The van der Waals surface area contributed by atoms with Gasteiger partial charge in [0.1, 0.15) is 0 Å². The van der Waals surface area contributed by atoms with Crippen molar-refractivity contribution in [1.29, 1.82) is 0 Å². The second-order valence-electron chi connectivity index (χ2n) is 4.36. The number of fused-ring (bicyclic) bond motifs is 1. The number of rotatable bonds is 1. The second-order valence-corrected chi connectivity index (χ2v) is 5.37. The summed E-state index contributed by atoms with van der Waals surface area (Å²) in [6.45, 7) is 0. The smallest absolute Gasteiger partial charge is 0.171 e. The number of aliphatic imine (C=N–C) groups is 1. The lowest BCUT2D eigenvalue weighted by molar-refractivity contribution is 0.326. The molecule has 14 heavy (non-hydrogen) atoms. The van der Waals surface area contributed by atoms with Crippen molar-refractivity contribution in [3.63, 3.8) is 0 Å². The van der Waals surface area contributed by atoms with Gasteiger partial charge in [-0.3, -0.25) is 10.4 Å². The lowest BCUT2D eigenvalue weighted by atomic mass is 9.86. The van der Waals surface area contributed by atoms with Crippen LogP contribution in [0.3, 0.4) is 0 Å². The average Bonchev–Trinajstić information content (AvgIpc) is 2.17. The Morgan fingerprint density at radius 2 is 2.14 bits per heavy atom. The van der Waals surface area contributed by atoms with Gasteiger partial charge in [0.05, 0.1) is 6.04 Å². The molecule has 2 atom stereocenters. The highest BCUT2D eigenvalue weighted by molar-refractivity contribution is 8.13. The lowest BCUT2D eigenvalue weighted by Gasteiger charge is -2.33. The van der Waals surface area contributed by atoms with Gasteiger partial charge in [0.15, 0.2) is 5.17 Å². The predicted molar refractivity (Wildman–Crippen MR) is 62.5 cm³/mol. The maximum Gasteiger partial charge on any atom is 0.171 e. The molecule has 0 amide bonds. The Balaban J connectivity index is 1.97. The van der Waals surface area contributed by atoms with Gasteiger partial charge in [-0.1, -0.05) is 24.6 Å². The van der Waals surface area contributed by atoms with Crippen molar-refractivity contribution in [1.82, 2.24) is 10.4 Å². The molecule has 0 saturated heterocycles. The molecule has 3 nitrogen and oxygen atoms in total. The Bertz CT molecular complexity index is 227. The van der Waals surface area contributed by atoms with Gasteiger partial charge in [0, 0.05) is 19.8 Å². The van der Waals surface area contributed by atoms with Gasteiger partial charge in [-0.25, -0.2) is 5.01 Å². The molecular weight excluding hydrogens is 194 g/mol. The van der Waals surface area contributed by atoms with Crippen molar-refractivity contribution in [3.05, 3.63) is 0 Å². The molecule has 1 fully saturated rings. The van der Waals surface area contributed by atoms with Crippen LogP contribution in [0.5, 0.6) is 0 Å². The van der Waals surface area contributed by atoms with Crippen molar-refractivity contribution in [3.8, 4) is 0 Å². The SMILES string of the molecule is CN(C)NC1=NC2CCCCC2CS1. The minimum absolute atomic E-state index is 0.604. The molecule has 4 heteroatoms. The number of hydrogen-bond donors (Lipinski definition) is 1. The van der Waals surface area contributed by atoms with E-state index in [9.17, 15) is 0 Å². The zero-order chi connectivity index (χ0) is 9.97. The Morgan fingerprint density at radius 3 is 2.93 bits per heavy atom. The molecule has 0 spiro atoms. The maximum absolute atomic E-state index is 4.77. The third-order valence-electron chi connectivity index (χ3n) is 2.91. The summed E-state index contributed by atoms with van der Waals surface area (Å²) in [6.07, 6.45) is 5.46. The minimum atomic E-state index is 0.604. The lowest BCUT2D eigenvalue weighted by Crippen LogP contribution is -2.40. The third-order valence-corrected chi connectivity index (χ3v) is 3.97. The monoisotopic (exact) mass is 213 g/mol. The van der Waals surface area contributed by atoms with Crippen molar-refractivity contribution < 1.29 is 0 Å². The van der Waals surface area contributed by atoms with Crippen LogP contribution in [0.1, 0.15) is 25.7 Å². The standard InChI is InChI=1S/C10H19N3S/c1-13(2)12-10-11-9-6-4-3-5-8(9)7-14-10/h8-9H,3-7H2,1-2H3,(H,11,12). The van der Waals surface area contributed by atoms with E-state index in [0.29, 0.717) is 6.04 Å². The maximum atomic E-state index is 4.77. The van der Waals surface area contributed by atoms with Crippen LogP contribution in [0, 0.1) is 5.92 Å². The van der Waals surface area contributed by atoms with E-state index in [2.05, 4.69) is 5.43 Å². The van der Waals surface area contributed by atoms with Gasteiger partial charge in [-0.2, -0.15) is 0 Å². The molecule has 0 aromatic carbocycles. The van der Waals surface area contributed by atoms with E-state index in [-0.39, 0.29) is 0 Å². The third kappa shape index (κ3) is 2.42. The fourth-order valence-electron chi connectivity index (χ4n) is 2.18. The number of hydrazine groups is 1. The predicted octanol–water partition coefficient (Wildman–Crippen LogP) is 1.71. The van der Waals surface area contributed by atoms with Crippen LogP contribution >= 0.6 is 11.8 Å². The van der Waals surface area contributed by atoms with E-state index < -0.39 is 0 Å². The van der Waals surface area contributed by atoms with Crippen LogP contribution in [0.15, 0.2) is 4.99 Å². The van der Waals surface area contributed by atoms with E-state index in [1.807, 2.05) is 30.9 Å². The zero-order valence-electron chi connectivity index (χ0n) is 8.99. The van der Waals surface area contributed by atoms with Gasteiger partial charge in [0.25, 0.3) is 0 Å². The van der Waals surface area contributed by atoms with Gasteiger partial charge in [-0.15, -0.1) is 0 Å². The first-order chi connectivity index (χ1) is 6.75. The molecule has 1 heterocycles. The molecule has 0 aromatic heterocycles. The van der Waals surface area contributed by atoms with E-state index >= 15 is 0 Å². The van der Waals surface area contributed by atoms with E-state index in [0.717, 1.165) is 11.1 Å². The summed E-state index contributed by atoms with van der Waals surface area (Å²) in [6, 6.07) is 0.604. The van der Waals surface area contributed by atoms with Crippen LogP contribution in [-0.2, 0) is 0 Å². The molecule has 0 aromatic rings.